The number of anilines is 1. The predicted molar refractivity (Wildman–Crippen MR) is 111 cm³/mol. The summed E-state index contributed by atoms with van der Waals surface area (Å²) in [5.74, 6) is -0.230. The molecule has 1 heterocycles. The van der Waals surface area contributed by atoms with Crippen LogP contribution in [0.5, 0.6) is 0 Å². The van der Waals surface area contributed by atoms with Crippen molar-refractivity contribution in [3.05, 3.63) is 65.7 Å². The molecule has 0 N–H and O–H groups in total. The van der Waals surface area contributed by atoms with Crippen molar-refractivity contribution in [1.82, 2.24) is 4.90 Å². The number of likely N-dealkylation sites (N-methyl/N-ethyl adjacent to an activating group) is 1. The van der Waals surface area contributed by atoms with E-state index in [1.54, 1.807) is 0 Å². The highest BCUT2D eigenvalue weighted by atomic mass is 16.5. The molecule has 4 heteroatoms. The lowest BCUT2D eigenvalue weighted by Gasteiger charge is -2.43. The zero-order valence-electron chi connectivity index (χ0n) is 16.6. The van der Waals surface area contributed by atoms with Crippen LogP contribution in [0, 0.1) is 0 Å². The maximum absolute atomic E-state index is 12.4. The Bertz CT molecular complexity index is 741. The van der Waals surface area contributed by atoms with Gasteiger partial charge >= 0.3 is 0 Å². The number of morpholine rings is 1. The number of hydrogen-bond acceptors (Lipinski definition) is 4. The largest absolute Gasteiger partial charge is 0.378 e. The molecular formula is C23H30N2O2. The molecule has 0 radical (unpaired) electrons. The third-order valence-electron chi connectivity index (χ3n) is 5.86. The van der Waals surface area contributed by atoms with Crippen molar-refractivity contribution in [3.63, 3.8) is 0 Å². The van der Waals surface area contributed by atoms with Crippen molar-refractivity contribution in [2.75, 3.05) is 45.3 Å². The molecule has 2 aromatic rings. The van der Waals surface area contributed by atoms with Gasteiger partial charge in [-0.1, -0.05) is 48.5 Å². The van der Waals surface area contributed by atoms with E-state index in [1.807, 2.05) is 12.1 Å². The molecule has 144 valence electrons. The molecule has 0 bridgehead atoms. The highest BCUT2D eigenvalue weighted by Crippen LogP contribution is 2.38. The summed E-state index contributed by atoms with van der Waals surface area (Å²) in [6.07, 6.45) is 1.93. The summed E-state index contributed by atoms with van der Waals surface area (Å²) < 4.78 is 5.51. The third kappa shape index (κ3) is 4.23. The molecule has 27 heavy (non-hydrogen) atoms. The minimum atomic E-state index is -0.328. The number of benzene rings is 2. The predicted octanol–water partition coefficient (Wildman–Crippen LogP) is 3.37. The quantitative estimate of drug-likeness (QED) is 0.704. The molecule has 2 aromatic carbocycles. The normalized spacial score (nSPS) is 18.1. The van der Waals surface area contributed by atoms with Crippen molar-refractivity contribution in [2.45, 2.75) is 24.8 Å². The van der Waals surface area contributed by atoms with Crippen molar-refractivity contribution in [2.24, 2.45) is 0 Å². The zero-order chi connectivity index (χ0) is 19.3. The van der Waals surface area contributed by atoms with E-state index in [-0.39, 0.29) is 11.5 Å². The third-order valence-corrected chi connectivity index (χ3v) is 5.86. The minimum absolute atomic E-state index is 0.230. The molecule has 2 unspecified atom stereocenters. The number of carbonyl (C=O) groups excluding carboxylic acids is 1. The van der Waals surface area contributed by atoms with Gasteiger partial charge in [-0.3, -0.25) is 0 Å². The Morgan fingerprint density at radius 1 is 1.07 bits per heavy atom. The number of para-hydroxylation sites is 1. The van der Waals surface area contributed by atoms with Gasteiger partial charge in [0.25, 0.3) is 0 Å². The lowest BCUT2D eigenvalue weighted by molar-refractivity contribution is -0.111. The first-order valence-electron chi connectivity index (χ1n) is 9.64. The highest BCUT2D eigenvalue weighted by Gasteiger charge is 2.39. The monoisotopic (exact) mass is 366 g/mol. The minimum Gasteiger partial charge on any atom is -0.378 e. The summed E-state index contributed by atoms with van der Waals surface area (Å²) in [4.78, 5) is 16.9. The van der Waals surface area contributed by atoms with Crippen molar-refractivity contribution >= 4 is 12.0 Å². The van der Waals surface area contributed by atoms with Crippen LogP contribution in [0.3, 0.4) is 0 Å². The summed E-state index contributed by atoms with van der Waals surface area (Å²) in [6, 6.07) is 18.8. The fourth-order valence-corrected chi connectivity index (χ4v) is 3.95. The van der Waals surface area contributed by atoms with Gasteiger partial charge in [0.05, 0.1) is 19.1 Å². The maximum Gasteiger partial charge on any atom is 0.129 e. The first kappa shape index (κ1) is 19.6. The first-order valence-corrected chi connectivity index (χ1v) is 9.64. The molecular weight excluding hydrogens is 336 g/mol. The standard InChI is InChI=1S/C23H30N2O2/c1-23(24(2)3,17-19-9-5-4-6-10-19)21(18-26)20-11-7-8-12-22(20)25-13-15-27-16-14-25/h4-12,18,21H,13-17H2,1-3H3. The van der Waals surface area contributed by atoms with Crippen LogP contribution in [-0.4, -0.2) is 57.1 Å². The van der Waals surface area contributed by atoms with Gasteiger partial charge < -0.3 is 19.3 Å². The van der Waals surface area contributed by atoms with Crippen molar-refractivity contribution in [3.8, 4) is 0 Å². The van der Waals surface area contributed by atoms with Crippen LogP contribution in [0.15, 0.2) is 54.6 Å². The van der Waals surface area contributed by atoms with Gasteiger partial charge in [-0.2, -0.15) is 0 Å². The Balaban J connectivity index is 2.00. The molecule has 4 nitrogen and oxygen atoms in total. The molecule has 3 rings (SSSR count). The number of carbonyl (C=O) groups is 1. The van der Waals surface area contributed by atoms with E-state index in [2.05, 4.69) is 73.3 Å². The fourth-order valence-electron chi connectivity index (χ4n) is 3.95. The topological polar surface area (TPSA) is 32.8 Å². The van der Waals surface area contributed by atoms with Gasteiger partial charge in [-0.15, -0.1) is 0 Å². The number of hydrogen-bond donors (Lipinski definition) is 0. The second-order valence-corrected chi connectivity index (χ2v) is 7.69. The Morgan fingerprint density at radius 2 is 1.70 bits per heavy atom. The van der Waals surface area contributed by atoms with Gasteiger partial charge in [-0.05, 0) is 44.6 Å². The molecule has 2 atom stereocenters. The van der Waals surface area contributed by atoms with Crippen LogP contribution in [0.25, 0.3) is 0 Å². The first-order chi connectivity index (χ1) is 13.1. The number of nitrogens with zero attached hydrogens (tertiary/aromatic N) is 2. The molecule has 0 aromatic heterocycles. The van der Waals surface area contributed by atoms with Gasteiger partial charge in [0.15, 0.2) is 0 Å². The molecule has 1 saturated heterocycles. The van der Waals surface area contributed by atoms with Crippen molar-refractivity contribution < 1.29 is 9.53 Å². The smallest absolute Gasteiger partial charge is 0.129 e. The van der Waals surface area contributed by atoms with E-state index in [9.17, 15) is 4.79 Å². The summed E-state index contributed by atoms with van der Waals surface area (Å²) in [6.45, 7) is 5.37. The Labute approximate surface area is 162 Å². The summed E-state index contributed by atoms with van der Waals surface area (Å²) in [7, 11) is 4.13. The van der Waals surface area contributed by atoms with Crippen LogP contribution in [0.1, 0.15) is 24.0 Å². The average molecular weight is 367 g/mol. The zero-order valence-corrected chi connectivity index (χ0v) is 16.6. The van der Waals surface area contributed by atoms with Crippen LogP contribution in [0.4, 0.5) is 5.69 Å². The van der Waals surface area contributed by atoms with E-state index >= 15 is 0 Å². The van der Waals surface area contributed by atoms with E-state index in [4.69, 9.17) is 4.74 Å². The van der Waals surface area contributed by atoms with E-state index < -0.39 is 0 Å². The average Bonchev–Trinajstić information content (AvgIpc) is 2.70. The fraction of sp³-hybridized carbons (Fsp3) is 0.435. The molecule has 0 aliphatic carbocycles. The number of aldehydes is 1. The van der Waals surface area contributed by atoms with Gasteiger partial charge in [0.2, 0.25) is 0 Å². The van der Waals surface area contributed by atoms with Crippen LogP contribution in [0.2, 0.25) is 0 Å². The lowest BCUT2D eigenvalue weighted by Crippen LogP contribution is -2.49. The Kier molecular flexibility index (Phi) is 6.30. The summed E-state index contributed by atoms with van der Waals surface area (Å²) in [5, 5.41) is 0. The lowest BCUT2D eigenvalue weighted by atomic mass is 9.75. The van der Waals surface area contributed by atoms with Gasteiger partial charge in [-0.25, -0.2) is 0 Å². The molecule has 0 spiro atoms. The Morgan fingerprint density at radius 3 is 2.33 bits per heavy atom. The second-order valence-electron chi connectivity index (χ2n) is 7.69. The Hall–Kier alpha value is -2.17. The molecule has 0 amide bonds. The van der Waals surface area contributed by atoms with E-state index in [1.165, 1.54) is 5.56 Å². The van der Waals surface area contributed by atoms with Crippen molar-refractivity contribution in [1.29, 1.82) is 0 Å². The van der Waals surface area contributed by atoms with E-state index in [0.29, 0.717) is 0 Å². The van der Waals surface area contributed by atoms with Crippen LogP contribution >= 0.6 is 0 Å². The molecule has 0 saturated carbocycles. The van der Waals surface area contributed by atoms with Gasteiger partial charge in [0.1, 0.15) is 6.29 Å². The summed E-state index contributed by atoms with van der Waals surface area (Å²) >= 11 is 0. The number of ether oxygens (including phenoxy) is 1. The molecule has 1 aliphatic heterocycles. The van der Waals surface area contributed by atoms with E-state index in [0.717, 1.165) is 50.3 Å². The second kappa shape index (κ2) is 8.68. The SMILES string of the molecule is CN(C)C(C)(Cc1ccccc1)C(C=O)c1ccccc1N1CCOCC1. The maximum atomic E-state index is 12.4. The molecule has 1 fully saturated rings. The van der Waals surface area contributed by atoms with Gasteiger partial charge in [0, 0.05) is 24.3 Å². The van der Waals surface area contributed by atoms with Crippen LogP contribution in [-0.2, 0) is 16.0 Å². The highest BCUT2D eigenvalue weighted by molar-refractivity contribution is 5.71. The van der Waals surface area contributed by atoms with Crippen LogP contribution < -0.4 is 4.90 Å². The molecule has 1 aliphatic rings. The summed E-state index contributed by atoms with van der Waals surface area (Å²) in [5.41, 5.74) is 3.16. The number of rotatable bonds is 7.